The summed E-state index contributed by atoms with van der Waals surface area (Å²) in [5.41, 5.74) is -0.961. The van der Waals surface area contributed by atoms with E-state index >= 15 is 0 Å². The molecule has 1 N–H and O–H groups in total. The highest BCUT2D eigenvalue weighted by Crippen LogP contribution is 2.49. The van der Waals surface area contributed by atoms with Crippen molar-refractivity contribution in [2.75, 3.05) is 6.61 Å². The van der Waals surface area contributed by atoms with E-state index in [1.165, 1.54) is 30.3 Å². The summed E-state index contributed by atoms with van der Waals surface area (Å²) in [5.74, 6) is -0.579. The van der Waals surface area contributed by atoms with Gasteiger partial charge < -0.3 is 19.2 Å². The Morgan fingerprint density at radius 2 is 1.94 bits per heavy atom. The lowest BCUT2D eigenvalue weighted by Crippen LogP contribution is -2.61. The third-order valence-corrected chi connectivity index (χ3v) is 5.49. The van der Waals surface area contributed by atoms with Gasteiger partial charge in [-0.15, -0.1) is 5.10 Å². The fourth-order valence-electron chi connectivity index (χ4n) is 4.12. The summed E-state index contributed by atoms with van der Waals surface area (Å²) < 4.78 is 43.1. The Morgan fingerprint density at radius 3 is 2.66 bits per heavy atom. The molecule has 3 aromatic rings. The van der Waals surface area contributed by atoms with Gasteiger partial charge >= 0.3 is 6.08 Å². The minimum atomic E-state index is -0.619. The van der Waals surface area contributed by atoms with E-state index in [1.807, 2.05) is 13.8 Å². The molecule has 0 unspecified atom stereocenters. The average molecular weight is 464 g/mol. The minimum Gasteiger partial charge on any atom is -0.484 e. The molecule has 1 aliphatic carbocycles. The molecule has 4 rings (SSSR count). The van der Waals surface area contributed by atoms with Gasteiger partial charge in [0.05, 0.1) is 10.4 Å². The van der Waals surface area contributed by atoms with Gasteiger partial charge in [-0.1, -0.05) is 29.7 Å². The maximum Gasteiger partial charge on any atom is 0.420 e. The van der Waals surface area contributed by atoms with Crippen molar-refractivity contribution in [3.05, 3.63) is 65.0 Å². The van der Waals surface area contributed by atoms with E-state index in [2.05, 4.69) is 15.5 Å². The van der Waals surface area contributed by atoms with Crippen LogP contribution >= 0.6 is 11.6 Å². The zero-order valence-electron chi connectivity index (χ0n) is 17.3. The van der Waals surface area contributed by atoms with E-state index in [9.17, 15) is 13.6 Å². The lowest BCUT2D eigenvalue weighted by Gasteiger charge is -2.51. The van der Waals surface area contributed by atoms with Crippen LogP contribution in [0.3, 0.4) is 0 Å². The van der Waals surface area contributed by atoms with Crippen LogP contribution in [0.25, 0.3) is 0 Å². The zero-order valence-corrected chi connectivity index (χ0v) is 18.1. The lowest BCUT2D eigenvalue weighted by atomic mass is 9.59. The predicted molar refractivity (Wildman–Crippen MR) is 111 cm³/mol. The average Bonchev–Trinajstić information content (AvgIpc) is 3.17. The number of carbonyl (C=O) groups excluding carboxylic acids is 1. The number of ether oxygens (including phenoxy) is 2. The van der Waals surface area contributed by atoms with Crippen molar-refractivity contribution in [3.8, 4) is 17.6 Å². The molecule has 1 amide bonds. The normalized spacial score (nSPS) is 22.2. The second-order valence-corrected chi connectivity index (χ2v) is 8.73. The van der Waals surface area contributed by atoms with Crippen molar-refractivity contribution in [2.24, 2.45) is 0 Å². The number of benzene rings is 2. The molecule has 1 fully saturated rings. The summed E-state index contributed by atoms with van der Waals surface area (Å²) in [6.07, 6.45) is 0.999. The van der Waals surface area contributed by atoms with Crippen LogP contribution in [0.1, 0.15) is 32.6 Å². The molecule has 1 heterocycles. The van der Waals surface area contributed by atoms with Crippen LogP contribution < -0.4 is 14.8 Å². The predicted octanol–water partition coefficient (Wildman–Crippen LogP) is 4.80. The molecule has 1 aromatic heterocycles. The number of nitrogens with zero attached hydrogens (tertiary/aromatic N) is 2. The number of amides is 1. The summed E-state index contributed by atoms with van der Waals surface area (Å²) in [4.78, 5) is 12.3. The fraction of sp³-hybridized carbons (Fsp3) is 0.318. The molecule has 0 radical (unpaired) electrons. The smallest absolute Gasteiger partial charge is 0.420 e. The maximum absolute atomic E-state index is 13.5. The Balaban J connectivity index is 1.31. The molecule has 2 aromatic carbocycles. The van der Waals surface area contributed by atoms with Gasteiger partial charge in [-0.3, -0.25) is 4.79 Å². The molecule has 1 aliphatic rings. The number of rotatable bonds is 7. The van der Waals surface area contributed by atoms with Gasteiger partial charge in [-0.25, -0.2) is 8.78 Å². The number of carbonyl (C=O) groups is 1. The Kier molecular flexibility index (Phi) is 5.77. The standard InChI is InChI=1S/C22H20ClF2N3O4/c1-21(19-27-28-20(32-19)31-15-5-3-4-13(24)8-15)11-22(2,12-21)26-18(29)10-30-14-6-7-16(23)17(25)9-14/h3-9H,10-12H2,1-2H3,(H,26,29). The topological polar surface area (TPSA) is 86.5 Å². The van der Waals surface area contributed by atoms with Crippen LogP contribution in [0, 0.1) is 11.6 Å². The summed E-state index contributed by atoms with van der Waals surface area (Å²) in [6, 6.07) is 9.56. The number of aromatic nitrogens is 2. The first kappa shape index (κ1) is 22.0. The summed E-state index contributed by atoms with van der Waals surface area (Å²) in [5, 5.41) is 10.8. The zero-order chi connectivity index (χ0) is 22.9. The van der Waals surface area contributed by atoms with Crippen molar-refractivity contribution >= 4 is 17.5 Å². The van der Waals surface area contributed by atoms with Crippen LogP contribution in [0.15, 0.2) is 46.9 Å². The summed E-state index contributed by atoms with van der Waals surface area (Å²) in [6.45, 7) is 3.57. The van der Waals surface area contributed by atoms with E-state index < -0.39 is 22.6 Å². The van der Waals surface area contributed by atoms with Gasteiger partial charge in [0.25, 0.3) is 5.91 Å². The van der Waals surface area contributed by atoms with Crippen LogP contribution in [-0.4, -0.2) is 28.3 Å². The lowest BCUT2D eigenvalue weighted by molar-refractivity contribution is -0.127. The van der Waals surface area contributed by atoms with Gasteiger partial charge in [0.1, 0.15) is 23.1 Å². The van der Waals surface area contributed by atoms with E-state index in [-0.39, 0.29) is 35.1 Å². The van der Waals surface area contributed by atoms with Gasteiger partial charge in [0.15, 0.2) is 6.61 Å². The Labute approximate surface area is 187 Å². The fourth-order valence-corrected chi connectivity index (χ4v) is 4.24. The number of hydrogen-bond donors (Lipinski definition) is 1. The van der Waals surface area contributed by atoms with Crippen molar-refractivity contribution in [3.63, 3.8) is 0 Å². The maximum atomic E-state index is 13.5. The van der Waals surface area contributed by atoms with E-state index in [1.54, 1.807) is 6.07 Å². The number of nitrogens with one attached hydrogen (secondary N) is 1. The summed E-state index contributed by atoms with van der Waals surface area (Å²) in [7, 11) is 0. The van der Waals surface area contributed by atoms with Crippen molar-refractivity contribution < 1.29 is 27.5 Å². The molecule has 32 heavy (non-hydrogen) atoms. The Morgan fingerprint density at radius 1 is 1.16 bits per heavy atom. The Bertz CT molecular complexity index is 1150. The third kappa shape index (κ3) is 4.83. The first-order valence-electron chi connectivity index (χ1n) is 9.80. The highest BCUT2D eigenvalue weighted by Gasteiger charge is 2.53. The molecule has 0 atom stereocenters. The van der Waals surface area contributed by atoms with E-state index in [0.29, 0.717) is 18.7 Å². The van der Waals surface area contributed by atoms with E-state index in [0.717, 1.165) is 6.07 Å². The monoisotopic (exact) mass is 463 g/mol. The Hall–Kier alpha value is -3.20. The van der Waals surface area contributed by atoms with Crippen LogP contribution in [-0.2, 0) is 10.2 Å². The second kappa shape index (κ2) is 8.38. The van der Waals surface area contributed by atoms with Gasteiger partial charge in [-0.2, -0.15) is 0 Å². The van der Waals surface area contributed by atoms with Gasteiger partial charge in [0, 0.05) is 17.7 Å². The molecular formula is C22H20ClF2N3O4. The SMILES string of the molecule is CC1(NC(=O)COc2ccc(Cl)c(F)c2)CC(C)(c2nnc(Oc3cccc(F)c3)o2)C1. The minimum absolute atomic E-state index is 0.0198. The number of hydrogen-bond acceptors (Lipinski definition) is 6. The molecule has 168 valence electrons. The number of halogens is 3. The molecule has 0 spiro atoms. The molecule has 1 saturated carbocycles. The highest BCUT2D eigenvalue weighted by atomic mass is 35.5. The molecule has 0 bridgehead atoms. The first-order chi connectivity index (χ1) is 15.1. The van der Waals surface area contributed by atoms with Crippen molar-refractivity contribution in [1.29, 1.82) is 0 Å². The molecule has 10 heteroatoms. The van der Waals surface area contributed by atoms with Crippen LogP contribution in [0.4, 0.5) is 8.78 Å². The van der Waals surface area contributed by atoms with Crippen LogP contribution in [0.2, 0.25) is 5.02 Å². The quantitative estimate of drug-likeness (QED) is 0.541. The van der Waals surface area contributed by atoms with Gasteiger partial charge in [-0.05, 0) is 44.0 Å². The molecule has 7 nitrogen and oxygen atoms in total. The van der Waals surface area contributed by atoms with Crippen molar-refractivity contribution in [2.45, 2.75) is 37.6 Å². The highest BCUT2D eigenvalue weighted by molar-refractivity contribution is 6.30. The van der Waals surface area contributed by atoms with Crippen LogP contribution in [0.5, 0.6) is 17.6 Å². The third-order valence-electron chi connectivity index (χ3n) is 5.19. The van der Waals surface area contributed by atoms with E-state index in [4.69, 9.17) is 25.5 Å². The molecule has 0 saturated heterocycles. The second-order valence-electron chi connectivity index (χ2n) is 8.32. The largest absolute Gasteiger partial charge is 0.484 e. The molecule has 0 aliphatic heterocycles. The van der Waals surface area contributed by atoms with Gasteiger partial charge in [0.2, 0.25) is 5.89 Å². The summed E-state index contributed by atoms with van der Waals surface area (Å²) >= 11 is 5.63. The molecular weight excluding hydrogens is 444 g/mol. The first-order valence-corrected chi connectivity index (χ1v) is 10.2. The van der Waals surface area contributed by atoms with Crippen molar-refractivity contribution in [1.82, 2.24) is 15.5 Å².